The summed E-state index contributed by atoms with van der Waals surface area (Å²) < 4.78 is 23.9. The van der Waals surface area contributed by atoms with Crippen molar-refractivity contribution < 1.29 is 18.7 Å². The Kier molecular flexibility index (Phi) is 3.96. The van der Waals surface area contributed by atoms with Crippen LogP contribution in [-0.2, 0) is 4.79 Å². The summed E-state index contributed by atoms with van der Waals surface area (Å²) in [7, 11) is 0. The van der Waals surface area contributed by atoms with Gasteiger partial charge in [-0.15, -0.1) is 0 Å². The number of benzene rings is 2. The second-order valence-electron chi connectivity index (χ2n) is 5.04. The highest BCUT2D eigenvalue weighted by atomic mass is 19.1. The van der Waals surface area contributed by atoms with Gasteiger partial charge in [0.25, 0.3) is 0 Å². The van der Waals surface area contributed by atoms with E-state index in [1.807, 2.05) is 19.1 Å². The van der Waals surface area contributed by atoms with Crippen LogP contribution in [0.15, 0.2) is 48.5 Å². The fraction of sp³-hybridized carbons (Fsp3) is 0.235. The number of carbonyl (C=O) groups is 1. The van der Waals surface area contributed by atoms with Gasteiger partial charge in [-0.05, 0) is 36.2 Å². The summed E-state index contributed by atoms with van der Waals surface area (Å²) in [5.74, 6) is 0.449. The standard InChI is InChI=1S/C17H16FNO3/c1-2-13(11-7-9-12(18)10-8-11)19-16(20)17-21-14-5-3-4-6-15(14)22-17/h3-10,13,17H,2H2,1H3,(H,19,20)/t13-/m1/s1. The molecule has 1 N–H and O–H groups in total. The Labute approximate surface area is 127 Å². The first-order valence-corrected chi connectivity index (χ1v) is 7.15. The monoisotopic (exact) mass is 301 g/mol. The van der Waals surface area contributed by atoms with E-state index in [1.54, 1.807) is 24.3 Å². The van der Waals surface area contributed by atoms with Crippen LogP contribution in [0, 0.1) is 5.82 Å². The van der Waals surface area contributed by atoms with E-state index in [2.05, 4.69) is 5.32 Å². The molecular weight excluding hydrogens is 285 g/mol. The topological polar surface area (TPSA) is 47.6 Å². The van der Waals surface area contributed by atoms with Gasteiger partial charge in [-0.2, -0.15) is 0 Å². The molecule has 5 heteroatoms. The molecule has 114 valence electrons. The summed E-state index contributed by atoms with van der Waals surface area (Å²) in [6.07, 6.45) is -0.316. The summed E-state index contributed by atoms with van der Waals surface area (Å²) in [4.78, 5) is 12.3. The van der Waals surface area contributed by atoms with Crippen molar-refractivity contribution in [3.05, 3.63) is 59.9 Å². The summed E-state index contributed by atoms with van der Waals surface area (Å²) in [5.41, 5.74) is 0.841. The van der Waals surface area contributed by atoms with Crippen molar-refractivity contribution in [1.82, 2.24) is 5.32 Å². The lowest BCUT2D eigenvalue weighted by Gasteiger charge is -2.19. The summed E-state index contributed by atoms with van der Waals surface area (Å²) in [5, 5.41) is 2.87. The van der Waals surface area contributed by atoms with Gasteiger partial charge in [0.15, 0.2) is 11.5 Å². The van der Waals surface area contributed by atoms with Crippen LogP contribution >= 0.6 is 0 Å². The summed E-state index contributed by atoms with van der Waals surface area (Å²) in [6.45, 7) is 1.94. The number of fused-ring (bicyclic) bond motifs is 1. The lowest BCUT2D eigenvalue weighted by atomic mass is 10.0. The first-order valence-electron chi connectivity index (χ1n) is 7.15. The van der Waals surface area contributed by atoms with Gasteiger partial charge in [0, 0.05) is 0 Å². The molecule has 0 radical (unpaired) electrons. The first-order chi connectivity index (χ1) is 10.7. The Hall–Kier alpha value is -2.56. The summed E-state index contributed by atoms with van der Waals surface area (Å²) in [6, 6.07) is 13.0. The number of ether oxygens (including phenoxy) is 2. The zero-order chi connectivity index (χ0) is 15.5. The SMILES string of the molecule is CC[C@@H](NC(=O)C1Oc2ccccc2O1)c1ccc(F)cc1. The Morgan fingerprint density at radius 1 is 1.14 bits per heavy atom. The van der Waals surface area contributed by atoms with E-state index in [9.17, 15) is 9.18 Å². The molecule has 1 heterocycles. The number of para-hydroxylation sites is 2. The number of nitrogens with one attached hydrogen (secondary N) is 1. The fourth-order valence-corrected chi connectivity index (χ4v) is 2.36. The van der Waals surface area contributed by atoms with E-state index in [1.165, 1.54) is 12.1 Å². The molecule has 4 nitrogen and oxygen atoms in total. The maximum Gasteiger partial charge on any atom is 0.321 e. The molecule has 3 rings (SSSR count). The Bertz CT molecular complexity index is 647. The predicted octanol–water partition coefficient (Wildman–Crippen LogP) is 3.19. The molecule has 2 aromatic rings. The van der Waals surface area contributed by atoms with Crippen molar-refractivity contribution >= 4 is 5.91 Å². The van der Waals surface area contributed by atoms with Crippen LogP contribution in [0.3, 0.4) is 0 Å². The lowest BCUT2D eigenvalue weighted by Crippen LogP contribution is -2.41. The third-order valence-corrected chi connectivity index (χ3v) is 3.53. The van der Waals surface area contributed by atoms with Gasteiger partial charge in [-0.1, -0.05) is 31.2 Å². The maximum atomic E-state index is 13.0. The van der Waals surface area contributed by atoms with Gasteiger partial charge in [0.05, 0.1) is 6.04 Å². The fourth-order valence-electron chi connectivity index (χ4n) is 2.36. The van der Waals surface area contributed by atoms with Crippen LogP contribution in [0.5, 0.6) is 11.5 Å². The minimum absolute atomic E-state index is 0.219. The molecule has 1 atom stereocenters. The van der Waals surface area contributed by atoms with Gasteiger partial charge in [-0.3, -0.25) is 4.79 Å². The van der Waals surface area contributed by atoms with Gasteiger partial charge in [-0.25, -0.2) is 4.39 Å². The smallest absolute Gasteiger partial charge is 0.321 e. The second kappa shape index (κ2) is 6.05. The van der Waals surface area contributed by atoms with Crippen molar-refractivity contribution in [2.24, 2.45) is 0 Å². The van der Waals surface area contributed by atoms with Gasteiger partial charge in [0.2, 0.25) is 0 Å². The normalized spacial score (nSPS) is 14.6. The molecule has 0 spiro atoms. The first kappa shape index (κ1) is 14.4. The van der Waals surface area contributed by atoms with Gasteiger partial charge >= 0.3 is 12.2 Å². The molecular formula is C17H16FNO3. The van der Waals surface area contributed by atoms with E-state index in [-0.39, 0.29) is 17.8 Å². The van der Waals surface area contributed by atoms with Crippen LogP contribution in [0.4, 0.5) is 4.39 Å². The number of halogens is 1. The molecule has 0 saturated carbocycles. The van der Waals surface area contributed by atoms with Crippen molar-refractivity contribution in [2.75, 3.05) is 0 Å². The quantitative estimate of drug-likeness (QED) is 0.943. The highest BCUT2D eigenvalue weighted by Crippen LogP contribution is 2.34. The molecule has 2 aromatic carbocycles. The molecule has 0 bridgehead atoms. The molecule has 22 heavy (non-hydrogen) atoms. The van der Waals surface area contributed by atoms with Crippen molar-refractivity contribution in [2.45, 2.75) is 25.7 Å². The zero-order valence-electron chi connectivity index (χ0n) is 12.1. The number of hydrogen-bond donors (Lipinski definition) is 1. The Morgan fingerprint density at radius 2 is 1.73 bits per heavy atom. The van der Waals surface area contributed by atoms with Gasteiger partial charge in [0.1, 0.15) is 5.82 Å². The van der Waals surface area contributed by atoms with E-state index in [0.29, 0.717) is 17.9 Å². The van der Waals surface area contributed by atoms with Crippen LogP contribution in [0.2, 0.25) is 0 Å². The van der Waals surface area contributed by atoms with Crippen LogP contribution < -0.4 is 14.8 Å². The minimum atomic E-state index is -0.994. The van der Waals surface area contributed by atoms with Gasteiger partial charge < -0.3 is 14.8 Å². The van der Waals surface area contributed by atoms with Crippen molar-refractivity contribution in [3.63, 3.8) is 0 Å². The largest absolute Gasteiger partial charge is 0.442 e. The number of carbonyl (C=O) groups excluding carboxylic acids is 1. The van der Waals surface area contributed by atoms with E-state index < -0.39 is 6.29 Å². The average Bonchev–Trinajstić information content (AvgIpc) is 2.97. The molecule has 1 aliphatic rings. The third-order valence-electron chi connectivity index (χ3n) is 3.53. The van der Waals surface area contributed by atoms with Crippen LogP contribution in [0.1, 0.15) is 24.9 Å². The Morgan fingerprint density at radius 3 is 2.27 bits per heavy atom. The Balaban J connectivity index is 1.67. The second-order valence-corrected chi connectivity index (χ2v) is 5.04. The van der Waals surface area contributed by atoms with E-state index in [0.717, 1.165) is 5.56 Å². The zero-order valence-corrected chi connectivity index (χ0v) is 12.1. The van der Waals surface area contributed by atoms with Crippen molar-refractivity contribution in [3.8, 4) is 11.5 Å². The third kappa shape index (κ3) is 2.88. The van der Waals surface area contributed by atoms with Crippen LogP contribution in [0.25, 0.3) is 0 Å². The molecule has 0 fully saturated rings. The number of amides is 1. The van der Waals surface area contributed by atoms with Crippen molar-refractivity contribution in [1.29, 1.82) is 0 Å². The molecule has 1 amide bonds. The number of hydrogen-bond acceptors (Lipinski definition) is 3. The maximum absolute atomic E-state index is 13.0. The molecule has 0 saturated heterocycles. The van der Waals surface area contributed by atoms with Crippen LogP contribution in [-0.4, -0.2) is 12.2 Å². The highest BCUT2D eigenvalue weighted by Gasteiger charge is 2.31. The highest BCUT2D eigenvalue weighted by molar-refractivity contribution is 5.81. The predicted molar refractivity (Wildman–Crippen MR) is 79.1 cm³/mol. The molecule has 0 unspecified atom stereocenters. The van der Waals surface area contributed by atoms with E-state index >= 15 is 0 Å². The average molecular weight is 301 g/mol. The molecule has 0 aromatic heterocycles. The molecule has 1 aliphatic heterocycles. The number of rotatable bonds is 4. The summed E-state index contributed by atoms with van der Waals surface area (Å²) >= 11 is 0. The molecule has 0 aliphatic carbocycles. The lowest BCUT2D eigenvalue weighted by molar-refractivity contribution is -0.137. The van der Waals surface area contributed by atoms with E-state index in [4.69, 9.17) is 9.47 Å². The minimum Gasteiger partial charge on any atom is -0.442 e.